The molecule has 0 aliphatic heterocycles. The van der Waals surface area contributed by atoms with Gasteiger partial charge in [-0.15, -0.1) is 0 Å². The molecule has 0 saturated carbocycles. The van der Waals surface area contributed by atoms with Gasteiger partial charge in [-0.1, -0.05) is 18.2 Å². The van der Waals surface area contributed by atoms with Crippen LogP contribution in [-0.4, -0.2) is 19.1 Å². The molecule has 2 rings (SSSR count). The van der Waals surface area contributed by atoms with E-state index in [9.17, 15) is 9.18 Å². The molecule has 0 bridgehead atoms. The molecule has 0 fully saturated rings. The summed E-state index contributed by atoms with van der Waals surface area (Å²) in [7, 11) is 0. The first-order chi connectivity index (χ1) is 12.5. The highest BCUT2D eigenvalue weighted by Crippen LogP contribution is 2.29. The molecular formula is C21H26FNO3. The molecule has 5 heteroatoms. The van der Waals surface area contributed by atoms with Gasteiger partial charge in [-0.2, -0.15) is 0 Å². The first kappa shape index (κ1) is 19.8. The molecule has 0 unspecified atom stereocenters. The van der Waals surface area contributed by atoms with Gasteiger partial charge in [0, 0.05) is 6.42 Å². The van der Waals surface area contributed by atoms with Gasteiger partial charge in [0.15, 0.2) is 11.5 Å². The molecule has 1 N–H and O–H groups in total. The summed E-state index contributed by atoms with van der Waals surface area (Å²) in [6.07, 6.45) is 0.972. The maximum Gasteiger partial charge on any atom is 0.220 e. The van der Waals surface area contributed by atoms with Crippen molar-refractivity contribution < 1.29 is 18.7 Å². The SMILES string of the molecule is CCOc1ccc(CCC(=O)N[C@@H](C)c2ccc(F)cc2)cc1OCC. The molecule has 0 heterocycles. The number of hydrogen-bond acceptors (Lipinski definition) is 3. The predicted molar refractivity (Wildman–Crippen MR) is 100 cm³/mol. The van der Waals surface area contributed by atoms with Crippen LogP contribution in [0.3, 0.4) is 0 Å². The summed E-state index contributed by atoms with van der Waals surface area (Å²) in [5, 5.41) is 2.94. The Labute approximate surface area is 154 Å². The van der Waals surface area contributed by atoms with Crippen molar-refractivity contribution >= 4 is 5.91 Å². The van der Waals surface area contributed by atoms with Crippen molar-refractivity contribution in [3.63, 3.8) is 0 Å². The molecule has 0 aromatic heterocycles. The minimum atomic E-state index is -0.284. The normalized spacial score (nSPS) is 11.7. The lowest BCUT2D eigenvalue weighted by atomic mass is 10.1. The molecule has 2 aromatic rings. The van der Waals surface area contributed by atoms with Crippen molar-refractivity contribution in [3.8, 4) is 11.5 Å². The van der Waals surface area contributed by atoms with Gasteiger partial charge in [0.05, 0.1) is 19.3 Å². The van der Waals surface area contributed by atoms with Crippen LogP contribution in [0.2, 0.25) is 0 Å². The Morgan fingerprint density at radius 2 is 1.69 bits per heavy atom. The molecule has 1 amide bonds. The van der Waals surface area contributed by atoms with E-state index in [0.717, 1.165) is 11.1 Å². The van der Waals surface area contributed by atoms with Gasteiger partial charge in [-0.25, -0.2) is 4.39 Å². The summed E-state index contributed by atoms with van der Waals surface area (Å²) in [4.78, 5) is 12.2. The fraction of sp³-hybridized carbons (Fsp3) is 0.381. The lowest BCUT2D eigenvalue weighted by molar-refractivity contribution is -0.121. The molecule has 4 nitrogen and oxygen atoms in total. The second-order valence-corrected chi connectivity index (χ2v) is 5.99. The smallest absolute Gasteiger partial charge is 0.220 e. The maximum atomic E-state index is 13.0. The summed E-state index contributed by atoms with van der Waals surface area (Å²) in [6.45, 7) is 6.86. The number of amides is 1. The Bertz CT molecular complexity index is 716. The van der Waals surface area contributed by atoms with Crippen molar-refractivity contribution in [2.24, 2.45) is 0 Å². The Morgan fingerprint density at radius 1 is 1.04 bits per heavy atom. The van der Waals surface area contributed by atoms with E-state index in [1.165, 1.54) is 12.1 Å². The van der Waals surface area contributed by atoms with Crippen molar-refractivity contribution in [1.29, 1.82) is 0 Å². The van der Waals surface area contributed by atoms with E-state index < -0.39 is 0 Å². The van der Waals surface area contributed by atoms with E-state index in [4.69, 9.17) is 9.47 Å². The number of hydrogen-bond donors (Lipinski definition) is 1. The number of halogens is 1. The zero-order valence-corrected chi connectivity index (χ0v) is 15.5. The van der Waals surface area contributed by atoms with Crippen LogP contribution >= 0.6 is 0 Å². The third kappa shape index (κ3) is 5.76. The molecular weight excluding hydrogens is 333 g/mol. The molecule has 2 aromatic carbocycles. The fourth-order valence-electron chi connectivity index (χ4n) is 2.66. The van der Waals surface area contributed by atoms with Gasteiger partial charge in [-0.05, 0) is 62.6 Å². The van der Waals surface area contributed by atoms with E-state index in [2.05, 4.69) is 5.32 Å². The third-order valence-corrected chi connectivity index (χ3v) is 4.00. The van der Waals surface area contributed by atoms with Crippen LogP contribution < -0.4 is 14.8 Å². The van der Waals surface area contributed by atoms with Crippen molar-refractivity contribution in [2.75, 3.05) is 13.2 Å². The van der Waals surface area contributed by atoms with E-state index in [1.54, 1.807) is 12.1 Å². The average molecular weight is 359 g/mol. The fourth-order valence-corrected chi connectivity index (χ4v) is 2.66. The number of carbonyl (C=O) groups is 1. The van der Waals surface area contributed by atoms with Gasteiger partial charge in [-0.3, -0.25) is 4.79 Å². The van der Waals surface area contributed by atoms with Crippen LogP contribution in [0, 0.1) is 5.82 Å². The van der Waals surface area contributed by atoms with Gasteiger partial charge >= 0.3 is 0 Å². The summed E-state index contributed by atoms with van der Waals surface area (Å²) in [5.74, 6) is 1.08. The summed E-state index contributed by atoms with van der Waals surface area (Å²) in [5.41, 5.74) is 1.89. The average Bonchev–Trinajstić information content (AvgIpc) is 2.62. The van der Waals surface area contributed by atoms with E-state index >= 15 is 0 Å². The maximum absolute atomic E-state index is 13.0. The second-order valence-electron chi connectivity index (χ2n) is 5.99. The Balaban J connectivity index is 1.91. The van der Waals surface area contributed by atoms with Crippen molar-refractivity contribution in [1.82, 2.24) is 5.32 Å². The highest BCUT2D eigenvalue weighted by Gasteiger charge is 2.11. The van der Waals surface area contributed by atoms with Crippen LogP contribution in [0.25, 0.3) is 0 Å². The molecule has 0 spiro atoms. The van der Waals surface area contributed by atoms with E-state index in [1.807, 2.05) is 39.0 Å². The Hall–Kier alpha value is -2.56. The minimum Gasteiger partial charge on any atom is -0.490 e. The molecule has 0 saturated heterocycles. The van der Waals surface area contributed by atoms with Crippen LogP contribution in [0.4, 0.5) is 4.39 Å². The Kier molecular flexibility index (Phi) is 7.45. The van der Waals surface area contributed by atoms with Crippen molar-refractivity contribution in [2.45, 2.75) is 39.7 Å². The van der Waals surface area contributed by atoms with Gasteiger partial charge < -0.3 is 14.8 Å². The number of ether oxygens (including phenoxy) is 2. The summed E-state index contributed by atoms with van der Waals surface area (Å²) < 4.78 is 24.1. The van der Waals surface area contributed by atoms with Gasteiger partial charge in [0.1, 0.15) is 5.82 Å². The van der Waals surface area contributed by atoms with Crippen LogP contribution in [0.15, 0.2) is 42.5 Å². The van der Waals surface area contributed by atoms with Gasteiger partial charge in [0.25, 0.3) is 0 Å². The summed E-state index contributed by atoms with van der Waals surface area (Å²) in [6, 6.07) is 11.7. The van der Waals surface area contributed by atoms with Crippen LogP contribution in [-0.2, 0) is 11.2 Å². The largest absolute Gasteiger partial charge is 0.490 e. The number of nitrogens with one attached hydrogen (secondary N) is 1. The zero-order valence-electron chi connectivity index (χ0n) is 15.5. The lowest BCUT2D eigenvalue weighted by Crippen LogP contribution is -2.26. The molecule has 140 valence electrons. The number of carbonyl (C=O) groups excluding carboxylic acids is 1. The molecule has 26 heavy (non-hydrogen) atoms. The lowest BCUT2D eigenvalue weighted by Gasteiger charge is -2.15. The van der Waals surface area contributed by atoms with Crippen LogP contribution in [0.5, 0.6) is 11.5 Å². The number of aryl methyl sites for hydroxylation is 1. The molecule has 1 atom stereocenters. The molecule has 0 aliphatic carbocycles. The first-order valence-corrected chi connectivity index (χ1v) is 8.96. The quantitative estimate of drug-likeness (QED) is 0.720. The minimum absolute atomic E-state index is 0.0475. The first-order valence-electron chi connectivity index (χ1n) is 8.96. The number of benzene rings is 2. The van der Waals surface area contributed by atoms with Gasteiger partial charge in [0.2, 0.25) is 5.91 Å². The Morgan fingerprint density at radius 3 is 2.35 bits per heavy atom. The van der Waals surface area contributed by atoms with Crippen molar-refractivity contribution in [3.05, 3.63) is 59.4 Å². The molecule has 0 aliphatic rings. The second kappa shape index (κ2) is 9.80. The standard InChI is InChI=1S/C21H26FNO3/c1-4-25-19-12-6-16(14-20(19)26-5-2)7-13-21(24)23-15(3)17-8-10-18(22)11-9-17/h6,8-12,14-15H,4-5,7,13H2,1-3H3,(H,23,24)/t15-/m0/s1. The van der Waals surface area contributed by atoms with E-state index in [0.29, 0.717) is 37.6 Å². The third-order valence-electron chi connectivity index (χ3n) is 4.00. The zero-order chi connectivity index (χ0) is 18.9. The van der Waals surface area contributed by atoms with Crippen LogP contribution in [0.1, 0.15) is 44.4 Å². The van der Waals surface area contributed by atoms with E-state index in [-0.39, 0.29) is 17.8 Å². The molecule has 0 radical (unpaired) electrons. The number of rotatable bonds is 9. The highest BCUT2D eigenvalue weighted by atomic mass is 19.1. The summed E-state index contributed by atoms with van der Waals surface area (Å²) >= 11 is 0. The monoisotopic (exact) mass is 359 g/mol. The predicted octanol–water partition coefficient (Wildman–Crippen LogP) is 4.43. The highest BCUT2D eigenvalue weighted by molar-refractivity contribution is 5.76. The topological polar surface area (TPSA) is 47.6 Å².